The molecule has 0 aliphatic carbocycles. The van der Waals surface area contributed by atoms with E-state index >= 15 is 0 Å². The zero-order valence-electron chi connectivity index (χ0n) is 20.2. The minimum Gasteiger partial charge on any atom is -0.286 e. The van der Waals surface area contributed by atoms with E-state index in [1.165, 1.54) is 5.56 Å². The maximum Gasteiger partial charge on any atom is 0.170 e. The fraction of sp³-hybridized carbons (Fsp3) is 0.250. The molecule has 172 valence electrons. The molecule has 3 heterocycles. The highest BCUT2D eigenvalue weighted by Crippen LogP contribution is 2.35. The quantitative estimate of drug-likeness (QED) is 0.282. The maximum atomic E-state index is 5.12. The minimum absolute atomic E-state index is 0.169. The number of benzene rings is 2. The first-order chi connectivity index (χ1) is 16.3. The Morgan fingerprint density at radius 3 is 2.35 bits per heavy atom. The maximum absolute atomic E-state index is 5.12. The average molecular weight is 468 g/mol. The number of pyridine rings is 2. The van der Waals surface area contributed by atoms with Crippen molar-refractivity contribution in [2.75, 3.05) is 0 Å². The second-order valence-corrected chi connectivity index (χ2v) is 11.3. The van der Waals surface area contributed by atoms with Crippen molar-refractivity contribution in [1.82, 2.24) is 24.3 Å². The highest BCUT2D eigenvalue weighted by atomic mass is 32.2. The van der Waals surface area contributed by atoms with Crippen LogP contribution in [0, 0.1) is 6.92 Å². The topological polar surface area (TPSA) is 55.1 Å². The number of nitrogens with one attached hydrogen (secondary N) is 1. The summed E-state index contributed by atoms with van der Waals surface area (Å²) < 4.78 is 5.74. The monoisotopic (exact) mass is 467 g/mol. The van der Waals surface area contributed by atoms with Crippen LogP contribution in [0.15, 0.2) is 72.9 Å². The molecule has 0 unspecified atom stereocenters. The van der Waals surface area contributed by atoms with Crippen LogP contribution in [0.5, 0.6) is 0 Å². The summed E-state index contributed by atoms with van der Waals surface area (Å²) in [7, 11) is 0. The number of fused-ring (bicyclic) bond motifs is 3. The van der Waals surface area contributed by atoms with Crippen molar-refractivity contribution in [3.8, 4) is 22.4 Å². The van der Waals surface area contributed by atoms with Crippen molar-refractivity contribution < 1.29 is 0 Å². The summed E-state index contributed by atoms with van der Waals surface area (Å²) in [4.78, 5) is 5.12. The number of hydrogen-bond donors (Lipinski definition) is 1. The van der Waals surface area contributed by atoms with E-state index in [0.717, 1.165) is 44.8 Å². The molecule has 5 rings (SSSR count). The number of aryl methyl sites for hydroxylation is 1. The zero-order chi connectivity index (χ0) is 23.9. The van der Waals surface area contributed by atoms with Crippen molar-refractivity contribution in [1.29, 1.82) is 0 Å². The van der Waals surface area contributed by atoms with Crippen molar-refractivity contribution >= 4 is 28.5 Å². The standard InChI is InChI=1S/C28H29N5S/c1-18(32-34-28(3,4)5)20-11-13-22(14-12-20)26-23(21-9-7-6-8-10-21)17-24-25(29-26)15-16-33-19(2)30-31-27(24)33/h6-18,32H,1-5H3/t18-/m1/s1. The van der Waals surface area contributed by atoms with E-state index in [9.17, 15) is 0 Å². The van der Waals surface area contributed by atoms with Gasteiger partial charge < -0.3 is 0 Å². The Morgan fingerprint density at radius 2 is 1.65 bits per heavy atom. The van der Waals surface area contributed by atoms with Crippen LogP contribution in [0.2, 0.25) is 0 Å². The van der Waals surface area contributed by atoms with Gasteiger partial charge in [0.25, 0.3) is 0 Å². The molecule has 5 nitrogen and oxygen atoms in total. The Bertz CT molecular complexity index is 1450. The SMILES string of the molecule is Cc1nnc2c3cc(-c4ccccc4)c(-c4ccc([C@@H](C)NSC(C)(C)C)cc4)nc3ccn12. The van der Waals surface area contributed by atoms with Crippen molar-refractivity contribution in [2.45, 2.75) is 45.4 Å². The molecule has 5 aromatic rings. The fourth-order valence-electron chi connectivity index (χ4n) is 4.03. The lowest BCUT2D eigenvalue weighted by Gasteiger charge is -2.22. The van der Waals surface area contributed by atoms with E-state index in [1.807, 2.05) is 29.7 Å². The van der Waals surface area contributed by atoms with Crippen molar-refractivity contribution in [3.05, 3.63) is 84.3 Å². The van der Waals surface area contributed by atoms with E-state index in [4.69, 9.17) is 4.98 Å². The first kappa shape index (κ1) is 22.6. The van der Waals surface area contributed by atoms with Gasteiger partial charge in [-0.3, -0.25) is 9.12 Å². The van der Waals surface area contributed by atoms with E-state index in [0.29, 0.717) is 0 Å². The Labute approximate surface area is 204 Å². The van der Waals surface area contributed by atoms with Gasteiger partial charge in [0.15, 0.2) is 5.65 Å². The van der Waals surface area contributed by atoms with Gasteiger partial charge in [0, 0.05) is 33.5 Å². The molecule has 2 aromatic carbocycles. The van der Waals surface area contributed by atoms with Gasteiger partial charge in [-0.05, 0) is 57.9 Å². The van der Waals surface area contributed by atoms with E-state index in [2.05, 4.69) is 97.2 Å². The molecule has 0 bridgehead atoms. The third kappa shape index (κ3) is 4.43. The molecule has 1 atom stereocenters. The summed E-state index contributed by atoms with van der Waals surface area (Å²) in [6.07, 6.45) is 2.00. The molecule has 6 heteroatoms. The third-order valence-corrected chi connectivity index (χ3v) is 6.94. The summed E-state index contributed by atoms with van der Waals surface area (Å²) in [5.74, 6) is 0.866. The lowest BCUT2D eigenvalue weighted by molar-refractivity contribution is 0.724. The van der Waals surface area contributed by atoms with E-state index in [1.54, 1.807) is 11.9 Å². The minimum atomic E-state index is 0.169. The molecule has 0 amide bonds. The summed E-state index contributed by atoms with van der Waals surface area (Å²) in [5, 5.41) is 9.68. The second kappa shape index (κ2) is 8.85. The summed E-state index contributed by atoms with van der Waals surface area (Å²) >= 11 is 1.77. The molecule has 34 heavy (non-hydrogen) atoms. The Morgan fingerprint density at radius 1 is 0.912 bits per heavy atom. The van der Waals surface area contributed by atoms with E-state index in [-0.39, 0.29) is 10.8 Å². The fourth-order valence-corrected chi connectivity index (χ4v) is 4.70. The largest absolute Gasteiger partial charge is 0.286 e. The zero-order valence-corrected chi connectivity index (χ0v) is 21.0. The first-order valence-electron chi connectivity index (χ1n) is 11.5. The molecule has 0 aliphatic heterocycles. The van der Waals surface area contributed by atoms with Gasteiger partial charge in [-0.25, -0.2) is 4.98 Å². The predicted molar refractivity (Wildman–Crippen MR) is 143 cm³/mol. The van der Waals surface area contributed by atoms with Crippen LogP contribution in [0.1, 0.15) is 45.1 Å². The molecule has 0 saturated heterocycles. The number of aromatic nitrogens is 4. The summed E-state index contributed by atoms with van der Waals surface area (Å²) in [6, 6.07) is 23.7. The van der Waals surface area contributed by atoms with Crippen LogP contribution < -0.4 is 4.72 Å². The molecule has 0 spiro atoms. The molecular formula is C28H29N5S. The summed E-state index contributed by atoms with van der Waals surface area (Å²) in [6.45, 7) is 10.8. The normalized spacial score (nSPS) is 13.0. The molecule has 0 saturated carbocycles. The van der Waals surface area contributed by atoms with Gasteiger partial charge in [0.2, 0.25) is 0 Å². The highest BCUT2D eigenvalue weighted by Gasteiger charge is 2.17. The van der Waals surface area contributed by atoms with Crippen LogP contribution >= 0.6 is 11.9 Å². The number of rotatable bonds is 5. The van der Waals surface area contributed by atoms with Crippen LogP contribution in [0.25, 0.3) is 38.9 Å². The van der Waals surface area contributed by atoms with Gasteiger partial charge in [-0.1, -0.05) is 66.5 Å². The van der Waals surface area contributed by atoms with E-state index < -0.39 is 0 Å². The molecule has 0 fully saturated rings. The summed E-state index contributed by atoms with van der Waals surface area (Å²) in [5.41, 5.74) is 7.28. The van der Waals surface area contributed by atoms with Crippen LogP contribution in [0.3, 0.4) is 0 Å². The van der Waals surface area contributed by atoms with Gasteiger partial charge in [-0.2, -0.15) is 0 Å². The van der Waals surface area contributed by atoms with Gasteiger partial charge >= 0.3 is 0 Å². The molecule has 3 aromatic heterocycles. The Hall–Kier alpha value is -3.22. The van der Waals surface area contributed by atoms with Crippen molar-refractivity contribution in [3.63, 3.8) is 0 Å². The van der Waals surface area contributed by atoms with Crippen LogP contribution in [-0.2, 0) is 0 Å². The Kier molecular flexibility index (Phi) is 5.88. The van der Waals surface area contributed by atoms with Crippen molar-refractivity contribution in [2.24, 2.45) is 0 Å². The Balaban J connectivity index is 1.60. The first-order valence-corrected chi connectivity index (χ1v) is 12.4. The lowest BCUT2D eigenvalue weighted by Crippen LogP contribution is -2.19. The highest BCUT2D eigenvalue weighted by molar-refractivity contribution is 7.98. The molecular weight excluding hydrogens is 438 g/mol. The predicted octanol–water partition coefficient (Wildman–Crippen LogP) is 7.02. The number of hydrogen-bond acceptors (Lipinski definition) is 5. The van der Waals surface area contributed by atoms with Gasteiger partial charge in [0.1, 0.15) is 5.82 Å². The molecule has 0 radical (unpaired) electrons. The van der Waals surface area contributed by atoms with Crippen LogP contribution in [0.4, 0.5) is 0 Å². The average Bonchev–Trinajstić information content (AvgIpc) is 3.23. The lowest BCUT2D eigenvalue weighted by atomic mass is 9.96. The molecule has 0 aliphatic rings. The van der Waals surface area contributed by atoms with Gasteiger partial charge in [-0.15, -0.1) is 10.2 Å². The smallest absolute Gasteiger partial charge is 0.170 e. The second-order valence-electron chi connectivity index (χ2n) is 9.62. The molecule has 1 N–H and O–H groups in total. The van der Waals surface area contributed by atoms with Crippen LogP contribution in [-0.4, -0.2) is 24.3 Å². The van der Waals surface area contributed by atoms with Gasteiger partial charge in [0.05, 0.1) is 11.2 Å². The third-order valence-electron chi connectivity index (χ3n) is 5.85. The number of nitrogens with zero attached hydrogens (tertiary/aromatic N) is 4.